The second-order valence-corrected chi connectivity index (χ2v) is 4.26. The van der Waals surface area contributed by atoms with E-state index in [0.29, 0.717) is 23.1 Å². The fraction of sp³-hybridized carbons (Fsp3) is 0.154. The lowest BCUT2D eigenvalue weighted by atomic mass is 10.1. The van der Waals surface area contributed by atoms with Crippen molar-refractivity contribution in [3.63, 3.8) is 0 Å². The Balaban J connectivity index is 2.16. The lowest BCUT2D eigenvalue weighted by Gasteiger charge is -2.17. The quantitative estimate of drug-likeness (QED) is 0.849. The summed E-state index contributed by atoms with van der Waals surface area (Å²) in [6, 6.07) is 9.59. The van der Waals surface area contributed by atoms with Crippen LogP contribution < -0.4 is 4.90 Å². The van der Waals surface area contributed by atoms with Crippen LogP contribution in [0, 0.1) is 11.3 Å². The van der Waals surface area contributed by atoms with Gasteiger partial charge < -0.3 is 4.90 Å². The molecule has 0 atom stereocenters. The van der Waals surface area contributed by atoms with E-state index in [0.717, 1.165) is 5.56 Å². The minimum Gasteiger partial charge on any atom is -0.354 e. The van der Waals surface area contributed by atoms with Crippen molar-refractivity contribution < 1.29 is 0 Å². The molecule has 0 spiro atoms. The average molecular weight is 259 g/mol. The highest BCUT2D eigenvalue weighted by Gasteiger charge is 2.05. The van der Waals surface area contributed by atoms with Crippen LogP contribution in [0.25, 0.3) is 0 Å². The molecule has 5 heteroatoms. The van der Waals surface area contributed by atoms with E-state index in [9.17, 15) is 0 Å². The van der Waals surface area contributed by atoms with E-state index in [2.05, 4.69) is 16.0 Å². The minimum absolute atomic E-state index is 0.366. The van der Waals surface area contributed by atoms with Gasteiger partial charge in [-0.05, 0) is 17.7 Å². The molecule has 4 nitrogen and oxygen atoms in total. The largest absolute Gasteiger partial charge is 0.354 e. The molecule has 0 N–H and O–H groups in total. The molecule has 0 radical (unpaired) electrons. The Morgan fingerprint density at radius 2 is 2.22 bits per heavy atom. The summed E-state index contributed by atoms with van der Waals surface area (Å²) in [5.74, 6) is 0.699. The molecule has 2 aromatic rings. The lowest BCUT2D eigenvalue weighted by molar-refractivity contribution is 0.890. The topological polar surface area (TPSA) is 52.8 Å². The first-order chi connectivity index (χ1) is 8.69. The summed E-state index contributed by atoms with van der Waals surface area (Å²) in [5.41, 5.74) is 1.69. The predicted octanol–water partition coefficient (Wildman–Crippen LogP) is 2.64. The Hall–Kier alpha value is -2.12. The summed E-state index contributed by atoms with van der Waals surface area (Å²) in [4.78, 5) is 10.1. The Kier molecular flexibility index (Phi) is 3.75. The second-order valence-electron chi connectivity index (χ2n) is 3.87. The molecule has 1 heterocycles. The van der Waals surface area contributed by atoms with Crippen LogP contribution in [0.4, 0.5) is 5.82 Å². The highest BCUT2D eigenvalue weighted by molar-refractivity contribution is 6.29. The molecule has 1 aromatic carbocycles. The molecule has 0 saturated heterocycles. The maximum absolute atomic E-state index is 8.85. The van der Waals surface area contributed by atoms with Gasteiger partial charge in [0, 0.05) is 13.6 Å². The van der Waals surface area contributed by atoms with Crippen LogP contribution in [0.2, 0.25) is 5.15 Å². The van der Waals surface area contributed by atoms with Gasteiger partial charge in [0.25, 0.3) is 0 Å². The van der Waals surface area contributed by atoms with Crippen LogP contribution in [0.15, 0.2) is 36.7 Å². The summed E-state index contributed by atoms with van der Waals surface area (Å²) in [6.07, 6.45) is 3.15. The van der Waals surface area contributed by atoms with Gasteiger partial charge in [-0.1, -0.05) is 23.7 Å². The first kappa shape index (κ1) is 12.3. The van der Waals surface area contributed by atoms with Gasteiger partial charge >= 0.3 is 0 Å². The summed E-state index contributed by atoms with van der Waals surface area (Å²) in [6.45, 7) is 0.643. The molecule has 0 saturated carbocycles. The highest BCUT2D eigenvalue weighted by Crippen LogP contribution is 2.14. The van der Waals surface area contributed by atoms with Crippen molar-refractivity contribution in [3.8, 4) is 6.07 Å². The third-order valence-electron chi connectivity index (χ3n) is 2.46. The average Bonchev–Trinajstić information content (AvgIpc) is 2.39. The Bertz CT molecular complexity index is 592. The van der Waals surface area contributed by atoms with E-state index in [1.54, 1.807) is 12.3 Å². The van der Waals surface area contributed by atoms with E-state index in [-0.39, 0.29) is 0 Å². The maximum atomic E-state index is 8.85. The van der Waals surface area contributed by atoms with Gasteiger partial charge in [-0.3, -0.25) is 4.98 Å². The molecule has 0 bridgehead atoms. The fourth-order valence-corrected chi connectivity index (χ4v) is 1.75. The summed E-state index contributed by atoms with van der Waals surface area (Å²) in [5, 5.41) is 9.21. The Morgan fingerprint density at radius 1 is 1.39 bits per heavy atom. The number of aromatic nitrogens is 2. The zero-order valence-corrected chi connectivity index (χ0v) is 10.6. The molecule has 2 rings (SSSR count). The highest BCUT2D eigenvalue weighted by atomic mass is 35.5. The third-order valence-corrected chi connectivity index (χ3v) is 2.64. The van der Waals surface area contributed by atoms with E-state index in [4.69, 9.17) is 16.9 Å². The van der Waals surface area contributed by atoms with Crippen LogP contribution in [0.1, 0.15) is 11.1 Å². The molecule has 18 heavy (non-hydrogen) atoms. The molecule has 0 amide bonds. The van der Waals surface area contributed by atoms with Gasteiger partial charge in [-0.2, -0.15) is 5.26 Å². The Labute approximate surface area is 110 Å². The summed E-state index contributed by atoms with van der Waals surface area (Å²) >= 11 is 5.80. The van der Waals surface area contributed by atoms with E-state index in [1.807, 2.05) is 30.1 Å². The Morgan fingerprint density at radius 3 is 2.94 bits per heavy atom. The van der Waals surface area contributed by atoms with Crippen LogP contribution in [-0.2, 0) is 6.54 Å². The second kappa shape index (κ2) is 5.48. The first-order valence-corrected chi connectivity index (χ1v) is 5.74. The van der Waals surface area contributed by atoms with Crippen molar-refractivity contribution in [2.24, 2.45) is 0 Å². The summed E-state index contributed by atoms with van der Waals surface area (Å²) < 4.78 is 0. The van der Waals surface area contributed by atoms with E-state index in [1.165, 1.54) is 6.20 Å². The monoisotopic (exact) mass is 258 g/mol. The number of benzene rings is 1. The van der Waals surface area contributed by atoms with Crippen molar-refractivity contribution in [1.29, 1.82) is 5.26 Å². The van der Waals surface area contributed by atoms with E-state index >= 15 is 0 Å². The number of rotatable bonds is 3. The zero-order chi connectivity index (χ0) is 13.0. The van der Waals surface area contributed by atoms with Crippen molar-refractivity contribution in [2.45, 2.75) is 6.54 Å². The zero-order valence-electron chi connectivity index (χ0n) is 9.84. The van der Waals surface area contributed by atoms with Gasteiger partial charge in [0.15, 0.2) is 0 Å². The molecular weight excluding hydrogens is 248 g/mol. The van der Waals surface area contributed by atoms with Gasteiger partial charge in [0.1, 0.15) is 11.0 Å². The van der Waals surface area contributed by atoms with Gasteiger partial charge in [0.05, 0.1) is 24.0 Å². The van der Waals surface area contributed by atoms with Crippen molar-refractivity contribution in [2.75, 3.05) is 11.9 Å². The SMILES string of the molecule is CN(Cc1cccc(C#N)c1)c1cncc(Cl)n1. The van der Waals surface area contributed by atoms with Crippen LogP contribution >= 0.6 is 11.6 Å². The standard InChI is InChI=1S/C13H11ClN4/c1-18(13-8-16-7-12(14)17-13)9-11-4-2-3-10(5-11)6-15/h2-5,7-8H,9H2,1H3. The molecule has 1 aromatic heterocycles. The number of hydrogen-bond acceptors (Lipinski definition) is 4. The molecule has 0 aliphatic heterocycles. The maximum Gasteiger partial charge on any atom is 0.149 e. The normalized spacial score (nSPS) is 9.83. The number of nitriles is 1. The fourth-order valence-electron chi connectivity index (χ4n) is 1.61. The minimum atomic E-state index is 0.366. The number of nitrogens with zero attached hydrogens (tertiary/aromatic N) is 4. The van der Waals surface area contributed by atoms with Gasteiger partial charge in [0.2, 0.25) is 0 Å². The van der Waals surface area contributed by atoms with Crippen molar-refractivity contribution >= 4 is 17.4 Å². The van der Waals surface area contributed by atoms with Crippen molar-refractivity contribution in [3.05, 3.63) is 52.9 Å². The van der Waals surface area contributed by atoms with Crippen LogP contribution in [-0.4, -0.2) is 17.0 Å². The lowest BCUT2D eigenvalue weighted by Crippen LogP contribution is -2.17. The van der Waals surface area contributed by atoms with Gasteiger partial charge in [-0.15, -0.1) is 0 Å². The smallest absolute Gasteiger partial charge is 0.149 e. The van der Waals surface area contributed by atoms with Crippen molar-refractivity contribution in [1.82, 2.24) is 9.97 Å². The number of halogens is 1. The first-order valence-electron chi connectivity index (χ1n) is 5.37. The molecule has 0 fully saturated rings. The van der Waals surface area contributed by atoms with Crippen LogP contribution in [0.5, 0.6) is 0 Å². The molecule has 0 aliphatic carbocycles. The summed E-state index contributed by atoms with van der Waals surface area (Å²) in [7, 11) is 1.90. The molecule has 0 aliphatic rings. The number of hydrogen-bond donors (Lipinski definition) is 0. The van der Waals surface area contributed by atoms with E-state index < -0.39 is 0 Å². The van der Waals surface area contributed by atoms with Crippen LogP contribution in [0.3, 0.4) is 0 Å². The molecule has 0 unspecified atom stereocenters. The third kappa shape index (κ3) is 2.96. The molecule has 90 valence electrons. The molecular formula is C13H11ClN4. The van der Waals surface area contributed by atoms with Gasteiger partial charge in [-0.25, -0.2) is 4.98 Å². The number of anilines is 1. The predicted molar refractivity (Wildman–Crippen MR) is 70.3 cm³/mol.